The van der Waals surface area contributed by atoms with Crippen molar-refractivity contribution in [2.24, 2.45) is 5.92 Å². The monoisotopic (exact) mass is 274 g/mol. The molecule has 0 aromatic carbocycles. The largest absolute Gasteiger partial charge is 0.341 e. The minimum Gasteiger partial charge on any atom is -0.341 e. The number of anilines is 1. The molecule has 0 bridgehead atoms. The fourth-order valence-electron chi connectivity index (χ4n) is 3.49. The lowest BCUT2D eigenvalue weighted by atomic mass is 9.96. The Labute approximate surface area is 122 Å². The Morgan fingerprint density at radius 3 is 2.20 bits per heavy atom. The van der Waals surface area contributed by atoms with Crippen LogP contribution in [0.25, 0.3) is 0 Å². The van der Waals surface area contributed by atoms with Gasteiger partial charge in [-0.15, -0.1) is 0 Å². The van der Waals surface area contributed by atoms with E-state index in [0.29, 0.717) is 0 Å². The Morgan fingerprint density at radius 2 is 1.60 bits per heavy atom. The zero-order valence-electron chi connectivity index (χ0n) is 12.8. The fourth-order valence-corrected chi connectivity index (χ4v) is 3.49. The molecule has 4 heteroatoms. The Morgan fingerprint density at radius 1 is 1.00 bits per heavy atom. The minimum absolute atomic E-state index is 0.871. The molecule has 0 atom stereocenters. The first-order valence-electron chi connectivity index (χ1n) is 8.00. The molecule has 2 aliphatic heterocycles. The molecule has 1 aromatic heterocycles. The van der Waals surface area contributed by atoms with E-state index in [1.807, 2.05) is 6.07 Å². The van der Waals surface area contributed by atoms with Gasteiger partial charge in [-0.1, -0.05) is 0 Å². The highest BCUT2D eigenvalue weighted by atomic mass is 15.3. The normalized spacial score (nSPS) is 21.6. The summed E-state index contributed by atoms with van der Waals surface area (Å²) in [5.74, 6) is 1.80. The number of rotatable bonds is 3. The van der Waals surface area contributed by atoms with Crippen LogP contribution in [0.15, 0.2) is 6.07 Å². The van der Waals surface area contributed by atoms with E-state index < -0.39 is 0 Å². The maximum Gasteiger partial charge on any atom is 0.225 e. The van der Waals surface area contributed by atoms with Gasteiger partial charge in [-0.25, -0.2) is 9.97 Å². The topological polar surface area (TPSA) is 32.3 Å². The van der Waals surface area contributed by atoms with E-state index in [1.54, 1.807) is 0 Å². The molecule has 4 nitrogen and oxygen atoms in total. The van der Waals surface area contributed by atoms with Crippen LogP contribution in [0.3, 0.4) is 0 Å². The predicted molar refractivity (Wildman–Crippen MR) is 82.1 cm³/mol. The first kappa shape index (κ1) is 13.8. The van der Waals surface area contributed by atoms with Gasteiger partial charge in [0.2, 0.25) is 5.95 Å². The summed E-state index contributed by atoms with van der Waals surface area (Å²) in [7, 11) is 0. The van der Waals surface area contributed by atoms with Gasteiger partial charge in [0, 0.05) is 31.0 Å². The molecule has 0 spiro atoms. The summed E-state index contributed by atoms with van der Waals surface area (Å²) in [4.78, 5) is 14.2. The van der Waals surface area contributed by atoms with Gasteiger partial charge in [0.1, 0.15) is 0 Å². The Kier molecular flexibility index (Phi) is 4.20. The molecule has 0 saturated carbocycles. The van der Waals surface area contributed by atoms with Crippen LogP contribution < -0.4 is 4.90 Å². The summed E-state index contributed by atoms with van der Waals surface area (Å²) in [6.07, 6.45) is 5.37. The van der Waals surface area contributed by atoms with Crippen LogP contribution in [0.1, 0.15) is 37.1 Å². The number of nitrogens with zero attached hydrogens (tertiary/aromatic N) is 4. The van der Waals surface area contributed by atoms with Gasteiger partial charge in [0.25, 0.3) is 0 Å². The molecule has 0 radical (unpaired) electrons. The van der Waals surface area contributed by atoms with E-state index in [4.69, 9.17) is 0 Å². The lowest BCUT2D eigenvalue weighted by Gasteiger charge is -2.34. The van der Waals surface area contributed by atoms with Crippen molar-refractivity contribution in [2.45, 2.75) is 39.5 Å². The van der Waals surface area contributed by atoms with E-state index in [0.717, 1.165) is 36.3 Å². The van der Waals surface area contributed by atoms with Crippen LogP contribution in [0.2, 0.25) is 0 Å². The summed E-state index contributed by atoms with van der Waals surface area (Å²) in [6, 6.07) is 2.05. The van der Waals surface area contributed by atoms with Gasteiger partial charge in [0.15, 0.2) is 0 Å². The lowest BCUT2D eigenvalue weighted by molar-refractivity contribution is 0.249. The molecular formula is C16H26N4. The number of piperidine rings is 1. The molecule has 2 fully saturated rings. The summed E-state index contributed by atoms with van der Waals surface area (Å²) in [5, 5.41) is 0. The van der Waals surface area contributed by atoms with E-state index in [1.165, 1.54) is 45.3 Å². The third kappa shape index (κ3) is 3.29. The van der Waals surface area contributed by atoms with Crippen molar-refractivity contribution in [3.8, 4) is 0 Å². The Hall–Kier alpha value is -1.16. The second-order valence-electron chi connectivity index (χ2n) is 6.39. The maximum atomic E-state index is 4.59. The van der Waals surface area contributed by atoms with Crippen LogP contribution in [0, 0.1) is 19.8 Å². The molecule has 0 aliphatic carbocycles. The average molecular weight is 274 g/mol. The smallest absolute Gasteiger partial charge is 0.225 e. The van der Waals surface area contributed by atoms with E-state index in [-0.39, 0.29) is 0 Å². The lowest BCUT2D eigenvalue weighted by Crippen LogP contribution is -2.39. The number of aryl methyl sites for hydroxylation is 2. The van der Waals surface area contributed by atoms with E-state index >= 15 is 0 Å². The van der Waals surface area contributed by atoms with Crippen LogP contribution >= 0.6 is 0 Å². The third-order valence-corrected chi connectivity index (χ3v) is 4.58. The first-order chi connectivity index (χ1) is 9.70. The zero-order valence-corrected chi connectivity index (χ0v) is 12.8. The number of hydrogen-bond acceptors (Lipinski definition) is 4. The highest BCUT2D eigenvalue weighted by molar-refractivity contribution is 5.32. The van der Waals surface area contributed by atoms with Gasteiger partial charge >= 0.3 is 0 Å². The molecule has 2 saturated heterocycles. The molecule has 0 unspecified atom stereocenters. The molecule has 3 heterocycles. The second kappa shape index (κ2) is 6.08. The van der Waals surface area contributed by atoms with Crippen molar-refractivity contribution in [3.63, 3.8) is 0 Å². The van der Waals surface area contributed by atoms with Crippen LogP contribution in [0.5, 0.6) is 0 Å². The minimum atomic E-state index is 0.871. The number of hydrogen-bond donors (Lipinski definition) is 0. The Balaban J connectivity index is 1.55. The van der Waals surface area contributed by atoms with Crippen molar-refractivity contribution in [1.82, 2.24) is 14.9 Å². The summed E-state index contributed by atoms with van der Waals surface area (Å²) in [6.45, 7) is 10.3. The summed E-state index contributed by atoms with van der Waals surface area (Å²) in [5.41, 5.74) is 2.15. The quantitative estimate of drug-likeness (QED) is 0.847. The van der Waals surface area contributed by atoms with Crippen molar-refractivity contribution in [3.05, 3.63) is 17.5 Å². The fraction of sp³-hybridized carbons (Fsp3) is 0.750. The van der Waals surface area contributed by atoms with Gasteiger partial charge < -0.3 is 9.80 Å². The predicted octanol–water partition coefficient (Wildman–Crippen LogP) is 2.41. The molecule has 110 valence electrons. The molecular weight excluding hydrogens is 248 g/mol. The molecule has 20 heavy (non-hydrogen) atoms. The van der Waals surface area contributed by atoms with Crippen LogP contribution in [-0.2, 0) is 0 Å². The average Bonchev–Trinajstić information content (AvgIpc) is 2.91. The number of likely N-dealkylation sites (tertiary alicyclic amines) is 1. The third-order valence-electron chi connectivity index (χ3n) is 4.58. The van der Waals surface area contributed by atoms with Gasteiger partial charge in [0.05, 0.1) is 0 Å². The Bertz CT molecular complexity index is 426. The van der Waals surface area contributed by atoms with Crippen LogP contribution in [-0.4, -0.2) is 47.6 Å². The number of aromatic nitrogens is 2. The highest BCUT2D eigenvalue weighted by Crippen LogP contribution is 2.23. The van der Waals surface area contributed by atoms with Gasteiger partial charge in [-0.05, 0) is 64.6 Å². The van der Waals surface area contributed by atoms with Crippen molar-refractivity contribution in [2.75, 3.05) is 37.6 Å². The SMILES string of the molecule is Cc1cc(C)nc(N2CCC(CN3CCCC3)CC2)n1. The molecule has 1 aromatic rings. The molecule has 2 aliphatic rings. The second-order valence-corrected chi connectivity index (χ2v) is 6.39. The van der Waals surface area contributed by atoms with Crippen molar-refractivity contribution >= 4 is 5.95 Å². The maximum absolute atomic E-state index is 4.59. The van der Waals surface area contributed by atoms with Gasteiger partial charge in [-0.2, -0.15) is 0 Å². The molecule has 0 amide bonds. The van der Waals surface area contributed by atoms with Crippen LogP contribution in [0.4, 0.5) is 5.95 Å². The van der Waals surface area contributed by atoms with E-state index in [2.05, 4.69) is 33.6 Å². The zero-order chi connectivity index (χ0) is 13.9. The molecule has 0 N–H and O–H groups in total. The summed E-state index contributed by atoms with van der Waals surface area (Å²) < 4.78 is 0. The standard InChI is InChI=1S/C16H26N4/c1-13-11-14(2)18-16(17-13)20-9-5-15(6-10-20)12-19-7-3-4-8-19/h11,15H,3-10,12H2,1-2H3. The summed E-state index contributed by atoms with van der Waals surface area (Å²) >= 11 is 0. The van der Waals surface area contributed by atoms with Crippen molar-refractivity contribution < 1.29 is 0 Å². The van der Waals surface area contributed by atoms with Gasteiger partial charge in [-0.3, -0.25) is 0 Å². The van der Waals surface area contributed by atoms with Crippen molar-refractivity contribution in [1.29, 1.82) is 0 Å². The first-order valence-corrected chi connectivity index (χ1v) is 8.00. The highest BCUT2D eigenvalue weighted by Gasteiger charge is 2.24. The van der Waals surface area contributed by atoms with E-state index in [9.17, 15) is 0 Å². The molecule has 3 rings (SSSR count).